The number of ether oxygens (including phenoxy) is 1. The molecule has 3 aliphatic carbocycles. The molecule has 3 rings (SSSR count). The minimum atomic E-state index is -1.79. The van der Waals surface area contributed by atoms with Crippen LogP contribution in [0.25, 0.3) is 0 Å². The Bertz CT molecular complexity index is 768. The monoisotopic (exact) mass is 290 g/mol. The number of esters is 1. The van der Waals surface area contributed by atoms with E-state index in [0.29, 0.717) is 5.57 Å². The molecule has 22 heavy (non-hydrogen) atoms. The molecule has 0 aromatic rings. The van der Waals surface area contributed by atoms with Crippen LogP contribution in [0.15, 0.2) is 23.8 Å². The van der Waals surface area contributed by atoms with E-state index in [4.69, 9.17) is 4.74 Å². The van der Waals surface area contributed by atoms with Gasteiger partial charge in [-0.1, -0.05) is 18.2 Å². The van der Waals surface area contributed by atoms with E-state index >= 15 is 0 Å². The van der Waals surface area contributed by atoms with Gasteiger partial charge in [0.2, 0.25) is 0 Å². The first-order valence-corrected chi connectivity index (χ1v) is 6.70. The zero-order valence-corrected chi connectivity index (χ0v) is 11.6. The summed E-state index contributed by atoms with van der Waals surface area (Å²) in [5.41, 5.74) is -3.12. The van der Waals surface area contributed by atoms with Crippen LogP contribution in [0.5, 0.6) is 0 Å². The molecular formula is C16H10N4O2. The van der Waals surface area contributed by atoms with Gasteiger partial charge < -0.3 is 4.74 Å². The Morgan fingerprint density at radius 2 is 1.59 bits per heavy atom. The molecule has 1 saturated carbocycles. The third kappa shape index (κ3) is 1.15. The topological polar surface area (TPSA) is 121 Å². The molecule has 0 radical (unpaired) electrons. The van der Waals surface area contributed by atoms with Crippen LogP contribution in [0.4, 0.5) is 0 Å². The van der Waals surface area contributed by atoms with Crippen molar-refractivity contribution in [3.05, 3.63) is 23.8 Å². The number of hydrogen-bond donors (Lipinski definition) is 0. The summed E-state index contributed by atoms with van der Waals surface area (Å²) in [5, 5.41) is 38.4. The molecule has 0 spiro atoms. The first-order valence-electron chi connectivity index (χ1n) is 6.70. The predicted octanol–water partition coefficient (Wildman–Crippen LogP) is 1.21. The van der Waals surface area contributed by atoms with Crippen LogP contribution in [0.1, 0.15) is 0 Å². The number of methoxy groups -OCH3 is 1. The quantitative estimate of drug-likeness (QED) is 0.528. The summed E-state index contributed by atoms with van der Waals surface area (Å²) in [6.45, 7) is 0. The van der Waals surface area contributed by atoms with Gasteiger partial charge in [0.05, 0.1) is 31.4 Å². The van der Waals surface area contributed by atoms with E-state index < -0.39 is 28.6 Å². The average Bonchev–Trinajstić information content (AvgIpc) is 3.19. The van der Waals surface area contributed by atoms with Gasteiger partial charge in [-0.15, -0.1) is 0 Å². The van der Waals surface area contributed by atoms with Gasteiger partial charge in [-0.3, -0.25) is 0 Å². The Morgan fingerprint density at radius 1 is 1.05 bits per heavy atom. The fourth-order valence-corrected chi connectivity index (χ4v) is 4.29. The Balaban J connectivity index is 2.27. The standard InChI is InChI=1S/C16H10N4O2/c1-22-14(21)10-4-12-13-9(10)2-3-11(13)15(5-17,6-18)16(12,7-19)8-20/h2-4,9,11-13H,1H3/t9-,11+,12+,13+/m0/s1. The van der Waals surface area contributed by atoms with E-state index in [2.05, 4.69) is 0 Å². The van der Waals surface area contributed by atoms with E-state index in [-0.39, 0.29) is 11.8 Å². The van der Waals surface area contributed by atoms with Crippen molar-refractivity contribution in [3.63, 3.8) is 0 Å². The smallest absolute Gasteiger partial charge is 0.334 e. The van der Waals surface area contributed by atoms with Gasteiger partial charge in [-0.2, -0.15) is 21.0 Å². The molecule has 0 amide bonds. The summed E-state index contributed by atoms with van der Waals surface area (Å²) < 4.78 is 4.75. The van der Waals surface area contributed by atoms with Crippen molar-refractivity contribution in [2.24, 2.45) is 34.5 Å². The molecule has 1 fully saturated rings. The van der Waals surface area contributed by atoms with Crippen LogP contribution >= 0.6 is 0 Å². The molecule has 0 heterocycles. The van der Waals surface area contributed by atoms with Crippen LogP contribution in [0.2, 0.25) is 0 Å². The normalized spacial score (nSPS) is 34.5. The number of rotatable bonds is 1. The summed E-state index contributed by atoms with van der Waals surface area (Å²) in [4.78, 5) is 11.9. The van der Waals surface area contributed by atoms with Gasteiger partial charge in [-0.05, 0) is 5.92 Å². The van der Waals surface area contributed by atoms with E-state index in [1.165, 1.54) is 7.11 Å². The van der Waals surface area contributed by atoms with Crippen molar-refractivity contribution < 1.29 is 9.53 Å². The Hall–Kier alpha value is -3.09. The Morgan fingerprint density at radius 3 is 2.09 bits per heavy atom. The molecule has 0 aliphatic heterocycles. The number of hydrogen-bond acceptors (Lipinski definition) is 6. The highest BCUT2D eigenvalue weighted by molar-refractivity contribution is 5.90. The van der Waals surface area contributed by atoms with E-state index in [0.717, 1.165) is 0 Å². The fourth-order valence-electron chi connectivity index (χ4n) is 4.29. The van der Waals surface area contributed by atoms with Crippen molar-refractivity contribution in [3.8, 4) is 24.3 Å². The highest BCUT2D eigenvalue weighted by Crippen LogP contribution is 2.69. The van der Waals surface area contributed by atoms with Crippen LogP contribution in [0, 0.1) is 79.8 Å². The first-order chi connectivity index (χ1) is 10.6. The zero-order chi connectivity index (χ0) is 16.1. The number of carbonyl (C=O) groups is 1. The second kappa shape index (κ2) is 4.20. The summed E-state index contributed by atoms with van der Waals surface area (Å²) in [7, 11) is 1.27. The number of nitrogens with zero attached hydrogens (tertiary/aromatic N) is 4. The van der Waals surface area contributed by atoms with Crippen molar-refractivity contribution in [1.29, 1.82) is 21.0 Å². The molecular weight excluding hydrogens is 280 g/mol. The minimum Gasteiger partial charge on any atom is -0.466 e. The summed E-state index contributed by atoms with van der Waals surface area (Å²) in [6.07, 6.45) is 5.03. The first kappa shape index (κ1) is 13.9. The maximum Gasteiger partial charge on any atom is 0.334 e. The largest absolute Gasteiger partial charge is 0.466 e. The molecule has 6 nitrogen and oxygen atoms in total. The van der Waals surface area contributed by atoms with Crippen LogP contribution in [-0.2, 0) is 9.53 Å². The maximum absolute atomic E-state index is 11.9. The minimum absolute atomic E-state index is 0.298. The Labute approximate surface area is 127 Å². The van der Waals surface area contributed by atoms with Crippen LogP contribution in [-0.4, -0.2) is 13.1 Å². The van der Waals surface area contributed by atoms with Crippen molar-refractivity contribution >= 4 is 5.97 Å². The van der Waals surface area contributed by atoms with Gasteiger partial charge in [0, 0.05) is 23.3 Å². The zero-order valence-electron chi connectivity index (χ0n) is 11.6. The molecule has 0 bridgehead atoms. The van der Waals surface area contributed by atoms with Crippen molar-refractivity contribution in [2.45, 2.75) is 0 Å². The van der Waals surface area contributed by atoms with Gasteiger partial charge >= 0.3 is 5.97 Å². The number of carbonyl (C=O) groups excluding carboxylic acids is 1. The maximum atomic E-state index is 11.9. The molecule has 3 aliphatic rings. The van der Waals surface area contributed by atoms with Crippen molar-refractivity contribution in [1.82, 2.24) is 0 Å². The van der Waals surface area contributed by atoms with Gasteiger partial charge in [-0.25, -0.2) is 4.79 Å². The average molecular weight is 290 g/mol. The van der Waals surface area contributed by atoms with E-state index in [1.807, 2.05) is 24.3 Å². The molecule has 0 saturated heterocycles. The Kier molecular flexibility index (Phi) is 2.65. The SMILES string of the molecule is COC(=O)C1=C[C@@H]2[C@H]3[C@@H](C=C[C@@H]13)C(C#N)(C#N)C2(C#N)C#N. The van der Waals surface area contributed by atoms with Crippen LogP contribution < -0.4 is 0 Å². The van der Waals surface area contributed by atoms with Gasteiger partial charge in [0.1, 0.15) is 0 Å². The highest BCUT2D eigenvalue weighted by atomic mass is 16.5. The van der Waals surface area contributed by atoms with Crippen molar-refractivity contribution in [2.75, 3.05) is 7.11 Å². The van der Waals surface area contributed by atoms with E-state index in [1.54, 1.807) is 18.2 Å². The second-order valence-corrected chi connectivity index (χ2v) is 5.72. The van der Waals surface area contributed by atoms with Crippen LogP contribution in [0.3, 0.4) is 0 Å². The third-order valence-corrected chi connectivity index (χ3v) is 5.24. The number of nitriles is 4. The molecule has 6 heteroatoms. The summed E-state index contributed by atoms with van der Waals surface area (Å²) >= 11 is 0. The molecule has 0 unspecified atom stereocenters. The lowest BCUT2D eigenvalue weighted by molar-refractivity contribution is -0.136. The van der Waals surface area contributed by atoms with Gasteiger partial charge in [0.15, 0.2) is 10.8 Å². The second-order valence-electron chi connectivity index (χ2n) is 5.72. The molecule has 0 N–H and O–H groups in total. The predicted molar refractivity (Wildman–Crippen MR) is 70.5 cm³/mol. The van der Waals surface area contributed by atoms with Gasteiger partial charge in [0.25, 0.3) is 0 Å². The molecule has 106 valence electrons. The lowest BCUT2D eigenvalue weighted by atomic mass is 9.63. The lowest BCUT2D eigenvalue weighted by Gasteiger charge is -2.28. The molecule has 4 atom stereocenters. The lowest BCUT2D eigenvalue weighted by Crippen LogP contribution is -2.39. The summed E-state index contributed by atoms with van der Waals surface area (Å²) in [5.74, 6) is -2.30. The molecule has 0 aromatic carbocycles. The fraction of sp³-hybridized carbons (Fsp3) is 0.438. The highest BCUT2D eigenvalue weighted by Gasteiger charge is 2.75. The molecule has 0 aromatic heterocycles. The van der Waals surface area contributed by atoms with E-state index in [9.17, 15) is 25.8 Å². The summed E-state index contributed by atoms with van der Waals surface area (Å²) in [6, 6.07) is 7.70. The number of allylic oxidation sites excluding steroid dienone is 3. The third-order valence-electron chi connectivity index (χ3n) is 5.24.